The average molecular weight is 254 g/mol. The van der Waals surface area contributed by atoms with Gasteiger partial charge in [0.15, 0.2) is 0 Å². The highest BCUT2D eigenvalue weighted by Crippen LogP contribution is 2.50. The third-order valence-corrected chi connectivity index (χ3v) is 8.08. The van der Waals surface area contributed by atoms with Crippen LogP contribution in [0.1, 0.15) is 64.2 Å². The van der Waals surface area contributed by atoms with Gasteiger partial charge in [-0.1, -0.05) is 71.0 Å². The van der Waals surface area contributed by atoms with E-state index in [1.807, 2.05) is 0 Å². The lowest BCUT2D eigenvalue weighted by atomic mass is 10.0. The molecular formula is C15H30OSi. The molecule has 0 aromatic heterocycles. The molecule has 17 heavy (non-hydrogen) atoms. The molecular weight excluding hydrogens is 224 g/mol. The minimum atomic E-state index is -1.15. The van der Waals surface area contributed by atoms with E-state index in [0.29, 0.717) is 11.3 Å². The van der Waals surface area contributed by atoms with Crippen molar-refractivity contribution in [2.45, 2.75) is 95.2 Å². The summed E-state index contributed by atoms with van der Waals surface area (Å²) < 4.78 is 6.24. The fourth-order valence-corrected chi connectivity index (χ4v) is 6.08. The number of rotatable bonds is 1. The van der Waals surface area contributed by atoms with Crippen molar-refractivity contribution in [1.29, 1.82) is 0 Å². The Balaban J connectivity index is 1.93. The Kier molecular flexibility index (Phi) is 4.35. The first kappa shape index (κ1) is 13.6. The highest BCUT2D eigenvalue weighted by atomic mass is 28.3. The zero-order valence-electron chi connectivity index (χ0n) is 12.1. The lowest BCUT2D eigenvalue weighted by molar-refractivity contribution is 0.322. The molecule has 0 aromatic carbocycles. The molecule has 1 nitrogen and oxygen atoms in total. The molecule has 0 N–H and O–H groups in total. The maximum absolute atomic E-state index is 6.24. The van der Waals surface area contributed by atoms with E-state index in [9.17, 15) is 0 Å². The van der Waals surface area contributed by atoms with E-state index in [1.165, 1.54) is 64.2 Å². The molecule has 1 aliphatic heterocycles. The van der Waals surface area contributed by atoms with E-state index in [1.54, 1.807) is 0 Å². The van der Waals surface area contributed by atoms with Crippen LogP contribution in [-0.2, 0) is 4.74 Å². The monoisotopic (exact) mass is 254 g/mol. The maximum atomic E-state index is 6.24. The first-order valence-electron chi connectivity index (χ1n) is 7.74. The molecule has 2 fully saturated rings. The van der Waals surface area contributed by atoms with Gasteiger partial charge < -0.3 is 4.74 Å². The Labute approximate surface area is 108 Å². The largest absolute Gasteiger partial charge is 0.370 e. The molecule has 100 valence electrons. The Morgan fingerprint density at radius 1 is 0.824 bits per heavy atom. The van der Waals surface area contributed by atoms with E-state index < -0.39 is 8.07 Å². The quantitative estimate of drug-likeness (QED) is 0.478. The van der Waals surface area contributed by atoms with Gasteiger partial charge in [-0.25, -0.2) is 0 Å². The van der Waals surface area contributed by atoms with Crippen LogP contribution in [0.15, 0.2) is 0 Å². The van der Waals surface area contributed by atoms with Gasteiger partial charge in [0.1, 0.15) is 0 Å². The van der Waals surface area contributed by atoms with Crippen LogP contribution < -0.4 is 0 Å². The number of hydrogen-bond acceptors (Lipinski definition) is 1. The molecule has 2 aliphatic rings. The zero-order chi connectivity index (χ0) is 12.4. The average Bonchev–Trinajstić information content (AvgIpc) is 2.92. The number of hydrogen-bond donors (Lipinski definition) is 0. The summed E-state index contributed by atoms with van der Waals surface area (Å²) >= 11 is 0. The zero-order valence-corrected chi connectivity index (χ0v) is 13.1. The smallest absolute Gasteiger partial charge is 0.0858 e. The standard InChI is InChI=1S/C15H30OSi/c1-17(2,3)15-13-11-9-7-5-4-6-8-10-12-14(15)16-15/h14H,4-13H2,1-3H3/t14-,15-/m1/s1. The van der Waals surface area contributed by atoms with Crippen molar-refractivity contribution in [1.82, 2.24) is 0 Å². The topological polar surface area (TPSA) is 12.5 Å². The van der Waals surface area contributed by atoms with Crippen LogP contribution in [0.25, 0.3) is 0 Å². The Hall–Kier alpha value is 0.177. The molecule has 1 saturated carbocycles. The van der Waals surface area contributed by atoms with Crippen LogP contribution in [-0.4, -0.2) is 19.4 Å². The molecule has 0 radical (unpaired) electrons. The molecule has 0 aromatic rings. The normalized spacial score (nSPS) is 36.5. The van der Waals surface area contributed by atoms with E-state index in [4.69, 9.17) is 4.74 Å². The van der Waals surface area contributed by atoms with E-state index in [0.717, 1.165) is 0 Å². The van der Waals surface area contributed by atoms with Crippen LogP contribution >= 0.6 is 0 Å². The molecule has 2 heteroatoms. The van der Waals surface area contributed by atoms with Gasteiger partial charge in [-0.3, -0.25) is 0 Å². The third-order valence-electron chi connectivity index (χ3n) is 4.85. The Morgan fingerprint density at radius 3 is 1.94 bits per heavy atom. The maximum Gasteiger partial charge on any atom is 0.0858 e. The van der Waals surface area contributed by atoms with Gasteiger partial charge in [0.25, 0.3) is 0 Å². The van der Waals surface area contributed by atoms with Crippen molar-refractivity contribution in [3.8, 4) is 0 Å². The summed E-state index contributed by atoms with van der Waals surface area (Å²) in [6.45, 7) is 7.50. The first-order chi connectivity index (χ1) is 8.06. The lowest BCUT2D eigenvalue weighted by Gasteiger charge is -2.27. The van der Waals surface area contributed by atoms with Crippen molar-refractivity contribution in [3.05, 3.63) is 0 Å². The van der Waals surface area contributed by atoms with Crippen molar-refractivity contribution < 1.29 is 4.74 Å². The van der Waals surface area contributed by atoms with Crippen molar-refractivity contribution in [2.75, 3.05) is 0 Å². The van der Waals surface area contributed by atoms with E-state index in [2.05, 4.69) is 19.6 Å². The minimum Gasteiger partial charge on any atom is -0.370 e. The van der Waals surface area contributed by atoms with Crippen molar-refractivity contribution >= 4 is 8.07 Å². The summed E-state index contributed by atoms with van der Waals surface area (Å²) in [5.41, 5.74) is 0. The van der Waals surface area contributed by atoms with Crippen LogP contribution in [0.2, 0.25) is 19.6 Å². The molecule has 2 atom stereocenters. The molecule has 1 heterocycles. The molecule has 1 aliphatic carbocycles. The lowest BCUT2D eigenvalue weighted by Crippen LogP contribution is -2.43. The SMILES string of the molecule is C[Si](C)(C)[C@]12CCCCCCCCCC[C@H]1O2. The second kappa shape index (κ2) is 5.44. The van der Waals surface area contributed by atoms with Crippen LogP contribution in [0.3, 0.4) is 0 Å². The summed E-state index contributed by atoms with van der Waals surface area (Å²) in [6, 6.07) is 0. The molecule has 0 bridgehead atoms. The predicted octanol–water partition coefficient (Wildman–Crippen LogP) is 4.92. The molecule has 0 unspecified atom stereocenters. The summed E-state index contributed by atoms with van der Waals surface area (Å²) in [5.74, 6) is 0. The molecule has 0 amide bonds. The first-order valence-corrected chi connectivity index (χ1v) is 11.2. The summed E-state index contributed by atoms with van der Waals surface area (Å²) in [4.78, 5) is 0. The van der Waals surface area contributed by atoms with Gasteiger partial charge in [0.2, 0.25) is 0 Å². The predicted molar refractivity (Wildman–Crippen MR) is 77.1 cm³/mol. The second-order valence-corrected chi connectivity index (χ2v) is 12.5. The van der Waals surface area contributed by atoms with Gasteiger partial charge >= 0.3 is 0 Å². The van der Waals surface area contributed by atoms with Gasteiger partial charge in [-0.15, -0.1) is 0 Å². The number of epoxide rings is 1. The van der Waals surface area contributed by atoms with Crippen molar-refractivity contribution in [3.63, 3.8) is 0 Å². The van der Waals surface area contributed by atoms with E-state index in [-0.39, 0.29) is 0 Å². The fraction of sp³-hybridized carbons (Fsp3) is 1.00. The van der Waals surface area contributed by atoms with Gasteiger partial charge in [0, 0.05) is 0 Å². The van der Waals surface area contributed by atoms with Crippen LogP contribution in [0.5, 0.6) is 0 Å². The summed E-state index contributed by atoms with van der Waals surface area (Å²) in [6.07, 6.45) is 14.8. The van der Waals surface area contributed by atoms with Gasteiger partial charge in [-0.2, -0.15) is 0 Å². The summed E-state index contributed by atoms with van der Waals surface area (Å²) in [7, 11) is -1.15. The highest BCUT2D eigenvalue weighted by Gasteiger charge is 2.62. The molecule has 2 rings (SSSR count). The van der Waals surface area contributed by atoms with Crippen LogP contribution in [0.4, 0.5) is 0 Å². The number of fused-ring (bicyclic) bond motifs is 1. The Bertz CT molecular complexity index is 246. The van der Waals surface area contributed by atoms with Crippen molar-refractivity contribution in [2.24, 2.45) is 0 Å². The Morgan fingerprint density at radius 2 is 1.35 bits per heavy atom. The highest BCUT2D eigenvalue weighted by molar-refractivity contribution is 6.79. The third kappa shape index (κ3) is 3.14. The molecule has 0 spiro atoms. The summed E-state index contributed by atoms with van der Waals surface area (Å²) in [5, 5.41) is 0.367. The van der Waals surface area contributed by atoms with Gasteiger partial charge in [0.05, 0.1) is 19.4 Å². The second-order valence-electron chi connectivity index (χ2n) is 7.11. The fourth-order valence-electron chi connectivity index (χ4n) is 3.54. The van der Waals surface area contributed by atoms with Gasteiger partial charge in [-0.05, 0) is 12.8 Å². The number of ether oxygens (including phenoxy) is 1. The van der Waals surface area contributed by atoms with E-state index >= 15 is 0 Å². The van der Waals surface area contributed by atoms with Crippen LogP contribution in [0, 0.1) is 0 Å². The molecule has 1 saturated heterocycles. The minimum absolute atomic E-state index is 0.367.